The van der Waals surface area contributed by atoms with E-state index >= 15 is 0 Å². The fourth-order valence-corrected chi connectivity index (χ4v) is 2.67. The molecular weight excluding hydrogens is 495 g/mol. The number of rotatable bonds is 8. The first-order chi connectivity index (χ1) is 13.9. The lowest BCUT2D eigenvalue weighted by Crippen LogP contribution is -2.43. The van der Waals surface area contributed by atoms with Crippen molar-refractivity contribution in [3.8, 4) is 0 Å². The Morgan fingerprint density at radius 3 is 2.43 bits per heavy atom. The highest BCUT2D eigenvalue weighted by atomic mass is 127. The van der Waals surface area contributed by atoms with E-state index in [9.17, 15) is 4.79 Å². The van der Waals surface area contributed by atoms with E-state index < -0.39 is 11.7 Å². The Morgan fingerprint density at radius 2 is 1.77 bits per heavy atom. The summed E-state index contributed by atoms with van der Waals surface area (Å²) in [4.78, 5) is 20.3. The van der Waals surface area contributed by atoms with Gasteiger partial charge in [0.25, 0.3) is 0 Å². The highest BCUT2D eigenvalue weighted by Crippen LogP contribution is 2.06. The van der Waals surface area contributed by atoms with Crippen molar-refractivity contribution in [1.29, 1.82) is 0 Å². The van der Waals surface area contributed by atoms with Crippen LogP contribution in [0.25, 0.3) is 0 Å². The maximum Gasteiger partial charge on any atom is 0.407 e. The molecule has 0 radical (unpaired) electrons. The topological polar surface area (TPSA) is 92.6 Å². The molecular formula is C21H33IN6O2. The lowest BCUT2D eigenvalue weighted by Gasteiger charge is -2.20. The number of carbonyl (C=O) groups is 1. The number of amides is 1. The first-order valence-corrected chi connectivity index (χ1v) is 9.82. The maximum absolute atomic E-state index is 11.6. The van der Waals surface area contributed by atoms with Crippen LogP contribution >= 0.6 is 24.0 Å². The van der Waals surface area contributed by atoms with E-state index in [2.05, 4.69) is 42.6 Å². The van der Waals surface area contributed by atoms with E-state index in [1.54, 1.807) is 7.05 Å². The second kappa shape index (κ2) is 13.1. The summed E-state index contributed by atoms with van der Waals surface area (Å²) in [6.07, 6.45) is 4.18. The first kappa shape index (κ1) is 25.7. The van der Waals surface area contributed by atoms with Crippen LogP contribution in [0.2, 0.25) is 0 Å². The van der Waals surface area contributed by atoms with Gasteiger partial charge in [0, 0.05) is 52.0 Å². The molecule has 2 aromatic rings. The number of aromatic nitrogens is 2. The molecule has 0 aliphatic rings. The molecule has 2 rings (SSSR count). The van der Waals surface area contributed by atoms with Gasteiger partial charge in [-0.3, -0.25) is 4.99 Å². The molecule has 1 amide bonds. The number of alkyl carbamates (subject to hydrolysis) is 1. The predicted octanol–water partition coefficient (Wildman–Crippen LogP) is 2.78. The Kier molecular flexibility index (Phi) is 11.2. The molecule has 0 fully saturated rings. The third kappa shape index (κ3) is 9.95. The van der Waals surface area contributed by atoms with Crippen LogP contribution in [-0.4, -0.2) is 53.9 Å². The molecule has 0 aliphatic carbocycles. The van der Waals surface area contributed by atoms with Crippen LogP contribution in [0.1, 0.15) is 32.2 Å². The first-order valence-electron chi connectivity index (χ1n) is 9.82. The van der Waals surface area contributed by atoms with Gasteiger partial charge in [-0.2, -0.15) is 0 Å². The van der Waals surface area contributed by atoms with E-state index in [0.717, 1.165) is 18.8 Å². The Hall–Kier alpha value is -2.30. The van der Waals surface area contributed by atoms with Gasteiger partial charge < -0.3 is 25.3 Å². The van der Waals surface area contributed by atoms with Crippen molar-refractivity contribution in [3.63, 3.8) is 0 Å². The number of carbonyl (C=O) groups excluding carboxylic acids is 1. The second-order valence-electron chi connectivity index (χ2n) is 7.56. The number of hydrogen-bond donors (Lipinski definition) is 3. The molecule has 1 heterocycles. The van der Waals surface area contributed by atoms with Crippen molar-refractivity contribution in [2.24, 2.45) is 4.99 Å². The molecule has 1 aromatic heterocycles. The average molecular weight is 528 g/mol. The second-order valence-corrected chi connectivity index (χ2v) is 7.56. The van der Waals surface area contributed by atoms with Gasteiger partial charge in [0.05, 0.1) is 0 Å². The summed E-state index contributed by atoms with van der Waals surface area (Å²) in [5.41, 5.74) is 0.746. The molecule has 0 spiro atoms. The quantitative estimate of drug-likeness (QED) is 0.212. The molecule has 0 saturated carbocycles. The zero-order chi connectivity index (χ0) is 21.1. The number of aliphatic imine (C=N–C) groups is 1. The number of guanidine groups is 1. The largest absolute Gasteiger partial charge is 0.444 e. The summed E-state index contributed by atoms with van der Waals surface area (Å²) >= 11 is 0. The third-order valence-corrected chi connectivity index (χ3v) is 3.95. The fourth-order valence-electron chi connectivity index (χ4n) is 2.67. The Balaban J connectivity index is 0.00000450. The van der Waals surface area contributed by atoms with Gasteiger partial charge in [0.1, 0.15) is 11.4 Å². The van der Waals surface area contributed by atoms with Crippen molar-refractivity contribution in [2.75, 3.05) is 26.7 Å². The summed E-state index contributed by atoms with van der Waals surface area (Å²) in [5.74, 6) is 1.69. The Bertz CT molecular complexity index is 786. The highest BCUT2D eigenvalue weighted by molar-refractivity contribution is 14.0. The van der Waals surface area contributed by atoms with E-state index in [1.165, 1.54) is 5.56 Å². The van der Waals surface area contributed by atoms with Gasteiger partial charge in [-0.1, -0.05) is 30.3 Å². The Morgan fingerprint density at radius 1 is 1.10 bits per heavy atom. The van der Waals surface area contributed by atoms with Gasteiger partial charge in [-0.05, 0) is 26.3 Å². The average Bonchev–Trinajstić information content (AvgIpc) is 3.10. The van der Waals surface area contributed by atoms with Gasteiger partial charge in [0.15, 0.2) is 5.96 Å². The number of halogens is 1. The van der Waals surface area contributed by atoms with Crippen LogP contribution in [0, 0.1) is 0 Å². The predicted molar refractivity (Wildman–Crippen MR) is 130 cm³/mol. The number of nitrogens with zero attached hydrogens (tertiary/aromatic N) is 3. The minimum Gasteiger partial charge on any atom is -0.444 e. The molecule has 3 N–H and O–H groups in total. The standard InChI is InChI=1S/C21H32N6O2.HI/c1-21(2,3)29-20(28)26-13-12-25-19(22-4)24-11-10-18-23-14-15-27(18)16-17-8-6-5-7-9-17;/h5-9,14-15H,10-13,16H2,1-4H3,(H,26,28)(H2,22,24,25);1H. The molecule has 8 nitrogen and oxygen atoms in total. The molecule has 166 valence electrons. The van der Waals surface area contributed by atoms with Crippen molar-refractivity contribution < 1.29 is 9.53 Å². The lowest BCUT2D eigenvalue weighted by atomic mass is 10.2. The normalized spacial score (nSPS) is 11.4. The smallest absolute Gasteiger partial charge is 0.407 e. The Labute approximate surface area is 195 Å². The van der Waals surface area contributed by atoms with E-state index in [1.807, 2.05) is 51.4 Å². The SMILES string of the molecule is CN=C(NCCNC(=O)OC(C)(C)C)NCCc1nccn1Cc1ccccc1.I. The summed E-state index contributed by atoms with van der Waals surface area (Å²) in [6, 6.07) is 10.3. The van der Waals surface area contributed by atoms with Crippen molar-refractivity contribution in [3.05, 3.63) is 54.1 Å². The minimum atomic E-state index is -0.499. The van der Waals surface area contributed by atoms with Crippen LogP contribution in [-0.2, 0) is 17.7 Å². The number of ether oxygens (including phenoxy) is 1. The van der Waals surface area contributed by atoms with Crippen LogP contribution < -0.4 is 16.0 Å². The van der Waals surface area contributed by atoms with Gasteiger partial charge in [0.2, 0.25) is 0 Å². The zero-order valence-electron chi connectivity index (χ0n) is 18.1. The van der Waals surface area contributed by atoms with Crippen molar-refractivity contribution in [1.82, 2.24) is 25.5 Å². The zero-order valence-corrected chi connectivity index (χ0v) is 20.5. The van der Waals surface area contributed by atoms with Crippen molar-refractivity contribution >= 4 is 36.0 Å². The number of nitrogens with one attached hydrogen (secondary N) is 3. The summed E-state index contributed by atoms with van der Waals surface area (Å²) in [6.45, 7) is 7.99. The van der Waals surface area contributed by atoms with Gasteiger partial charge in [-0.15, -0.1) is 24.0 Å². The third-order valence-electron chi connectivity index (χ3n) is 3.95. The van der Waals surface area contributed by atoms with E-state index in [0.29, 0.717) is 25.6 Å². The van der Waals surface area contributed by atoms with Gasteiger partial charge >= 0.3 is 6.09 Å². The van der Waals surface area contributed by atoms with Crippen LogP contribution in [0.4, 0.5) is 4.79 Å². The summed E-state index contributed by atoms with van der Waals surface area (Å²) in [5, 5.41) is 9.14. The minimum absolute atomic E-state index is 0. The molecule has 0 saturated heterocycles. The number of imidazole rings is 1. The number of hydrogen-bond acceptors (Lipinski definition) is 4. The molecule has 0 atom stereocenters. The molecule has 9 heteroatoms. The molecule has 0 aliphatic heterocycles. The van der Waals surface area contributed by atoms with Crippen LogP contribution in [0.15, 0.2) is 47.7 Å². The maximum atomic E-state index is 11.6. The molecule has 0 bridgehead atoms. The van der Waals surface area contributed by atoms with E-state index in [4.69, 9.17) is 4.74 Å². The lowest BCUT2D eigenvalue weighted by molar-refractivity contribution is 0.0529. The fraction of sp³-hybridized carbons (Fsp3) is 0.476. The molecule has 0 unspecified atom stereocenters. The summed E-state index contributed by atoms with van der Waals surface area (Å²) in [7, 11) is 1.72. The summed E-state index contributed by atoms with van der Waals surface area (Å²) < 4.78 is 7.35. The van der Waals surface area contributed by atoms with Crippen LogP contribution in [0.5, 0.6) is 0 Å². The number of benzene rings is 1. The van der Waals surface area contributed by atoms with Gasteiger partial charge in [-0.25, -0.2) is 9.78 Å². The molecule has 30 heavy (non-hydrogen) atoms. The molecule has 1 aromatic carbocycles. The van der Waals surface area contributed by atoms with Crippen LogP contribution in [0.3, 0.4) is 0 Å². The van der Waals surface area contributed by atoms with E-state index in [-0.39, 0.29) is 24.0 Å². The monoisotopic (exact) mass is 528 g/mol. The highest BCUT2D eigenvalue weighted by Gasteiger charge is 2.15. The van der Waals surface area contributed by atoms with Crippen molar-refractivity contribution in [2.45, 2.75) is 39.3 Å².